The van der Waals surface area contributed by atoms with Gasteiger partial charge in [-0.25, -0.2) is 0 Å². The van der Waals surface area contributed by atoms with Crippen LogP contribution < -0.4 is 16.0 Å². The maximum atomic E-state index is 12.3. The summed E-state index contributed by atoms with van der Waals surface area (Å²) in [6.07, 6.45) is 8.37. The topological polar surface area (TPSA) is 94.1 Å². The molecule has 2 amide bonds. The lowest BCUT2D eigenvalue weighted by Crippen LogP contribution is -2.36. The molecule has 2 rings (SSSR count). The Morgan fingerprint density at radius 1 is 1.48 bits per heavy atom. The number of rotatable bonds is 8. The van der Waals surface area contributed by atoms with Crippen molar-refractivity contribution in [3.05, 3.63) is 35.2 Å². The summed E-state index contributed by atoms with van der Waals surface area (Å²) in [5.74, 6) is 0.626. The second-order valence-electron chi connectivity index (χ2n) is 5.66. The Balaban J connectivity index is 1.86. The van der Waals surface area contributed by atoms with Gasteiger partial charge in [-0.2, -0.15) is 0 Å². The van der Waals surface area contributed by atoms with Crippen LogP contribution in [-0.4, -0.2) is 31.1 Å². The summed E-state index contributed by atoms with van der Waals surface area (Å²) in [6, 6.07) is 0. The van der Waals surface area contributed by atoms with Crippen LogP contribution in [0.2, 0.25) is 0 Å². The molecule has 0 saturated heterocycles. The number of dihydropyridines is 1. The third kappa shape index (κ3) is 4.55. The SMILES string of the molecule is CCC(=O)NC1=CC(C(=O)NCC(C=N)C2C=C2CC)=CCN1. The van der Waals surface area contributed by atoms with Gasteiger partial charge in [0.1, 0.15) is 5.82 Å². The molecule has 23 heavy (non-hydrogen) atoms. The van der Waals surface area contributed by atoms with Crippen LogP contribution in [0, 0.1) is 17.2 Å². The van der Waals surface area contributed by atoms with Crippen molar-refractivity contribution in [1.82, 2.24) is 16.0 Å². The maximum absolute atomic E-state index is 12.3. The normalized spacial score (nSPS) is 20.3. The molecule has 124 valence electrons. The molecular formula is C17H24N4O2. The lowest BCUT2D eigenvalue weighted by molar-refractivity contribution is -0.120. The number of hydrogen-bond acceptors (Lipinski definition) is 4. The quantitative estimate of drug-likeness (QED) is 0.401. The van der Waals surface area contributed by atoms with Crippen molar-refractivity contribution in [2.75, 3.05) is 13.1 Å². The molecule has 4 N–H and O–H groups in total. The minimum atomic E-state index is -0.180. The predicted octanol–water partition coefficient (Wildman–Crippen LogP) is 1.23. The monoisotopic (exact) mass is 316 g/mol. The first-order valence-electron chi connectivity index (χ1n) is 8.04. The van der Waals surface area contributed by atoms with Gasteiger partial charge in [0.05, 0.1) is 0 Å². The molecule has 0 spiro atoms. The smallest absolute Gasteiger partial charge is 0.251 e. The molecule has 2 aliphatic rings. The van der Waals surface area contributed by atoms with Gasteiger partial charge in [0.2, 0.25) is 5.91 Å². The van der Waals surface area contributed by atoms with Crippen LogP contribution in [0.25, 0.3) is 0 Å². The Hall–Kier alpha value is -2.37. The van der Waals surface area contributed by atoms with Gasteiger partial charge in [0.15, 0.2) is 0 Å². The summed E-state index contributed by atoms with van der Waals surface area (Å²) >= 11 is 0. The van der Waals surface area contributed by atoms with E-state index in [9.17, 15) is 9.59 Å². The van der Waals surface area contributed by atoms with Crippen LogP contribution in [0.1, 0.15) is 26.7 Å². The number of nitrogens with one attached hydrogen (secondary N) is 4. The lowest BCUT2D eigenvalue weighted by Gasteiger charge is -2.18. The third-order valence-electron chi connectivity index (χ3n) is 4.07. The number of amides is 2. The van der Waals surface area contributed by atoms with Gasteiger partial charge in [0, 0.05) is 43.1 Å². The average molecular weight is 316 g/mol. The van der Waals surface area contributed by atoms with E-state index in [4.69, 9.17) is 5.41 Å². The Bertz CT molecular complexity index is 589. The minimum Gasteiger partial charge on any atom is -0.368 e. The number of carbonyl (C=O) groups excluding carboxylic acids is 2. The predicted molar refractivity (Wildman–Crippen MR) is 89.7 cm³/mol. The van der Waals surface area contributed by atoms with E-state index in [1.165, 1.54) is 11.8 Å². The van der Waals surface area contributed by atoms with E-state index in [0.29, 0.717) is 36.8 Å². The van der Waals surface area contributed by atoms with Gasteiger partial charge >= 0.3 is 0 Å². The van der Waals surface area contributed by atoms with Crippen molar-refractivity contribution < 1.29 is 9.59 Å². The molecule has 0 aromatic heterocycles. The standard InChI is InChI=1S/C17H24N4O2/c1-3-11-7-14(11)13(9-18)10-20-17(23)12-5-6-19-15(8-12)21-16(22)4-2/h5,7-9,13-14,18-19H,3-4,6,10H2,1-2H3,(H,20,23)(H,21,22). The maximum Gasteiger partial charge on any atom is 0.251 e. The number of hydrogen-bond donors (Lipinski definition) is 4. The van der Waals surface area contributed by atoms with Crippen molar-refractivity contribution in [2.45, 2.75) is 26.7 Å². The van der Waals surface area contributed by atoms with Crippen molar-refractivity contribution in [1.29, 1.82) is 5.41 Å². The number of carbonyl (C=O) groups is 2. The molecule has 2 unspecified atom stereocenters. The highest BCUT2D eigenvalue weighted by atomic mass is 16.2. The minimum absolute atomic E-state index is 0.0273. The highest BCUT2D eigenvalue weighted by Gasteiger charge is 2.30. The van der Waals surface area contributed by atoms with Crippen LogP contribution >= 0.6 is 0 Å². The van der Waals surface area contributed by atoms with Crippen LogP contribution in [-0.2, 0) is 9.59 Å². The largest absolute Gasteiger partial charge is 0.368 e. The highest BCUT2D eigenvalue weighted by Crippen LogP contribution is 2.37. The van der Waals surface area contributed by atoms with E-state index in [1.54, 1.807) is 19.1 Å². The fourth-order valence-corrected chi connectivity index (χ4v) is 2.55. The highest BCUT2D eigenvalue weighted by molar-refractivity contribution is 5.97. The molecule has 6 heteroatoms. The molecule has 0 radical (unpaired) electrons. The summed E-state index contributed by atoms with van der Waals surface area (Å²) < 4.78 is 0. The average Bonchev–Trinajstić information content (AvgIpc) is 3.35. The summed E-state index contributed by atoms with van der Waals surface area (Å²) in [4.78, 5) is 23.7. The zero-order valence-electron chi connectivity index (χ0n) is 13.6. The van der Waals surface area contributed by atoms with E-state index in [0.717, 1.165) is 6.42 Å². The second kappa shape index (κ2) is 7.76. The molecule has 2 atom stereocenters. The van der Waals surface area contributed by atoms with Gasteiger partial charge in [-0.3, -0.25) is 9.59 Å². The first-order valence-corrected chi connectivity index (χ1v) is 8.04. The van der Waals surface area contributed by atoms with Gasteiger partial charge < -0.3 is 21.4 Å². The van der Waals surface area contributed by atoms with Gasteiger partial charge in [0.25, 0.3) is 5.91 Å². The molecule has 0 bridgehead atoms. The summed E-state index contributed by atoms with van der Waals surface area (Å²) in [6.45, 7) is 4.82. The summed E-state index contributed by atoms with van der Waals surface area (Å²) in [7, 11) is 0. The fourth-order valence-electron chi connectivity index (χ4n) is 2.55. The number of allylic oxidation sites excluding steroid dienone is 2. The fraction of sp³-hybridized carbons (Fsp3) is 0.471. The summed E-state index contributed by atoms with van der Waals surface area (Å²) in [5.41, 5.74) is 1.89. The van der Waals surface area contributed by atoms with Crippen molar-refractivity contribution in [3.8, 4) is 0 Å². The summed E-state index contributed by atoms with van der Waals surface area (Å²) in [5, 5.41) is 16.1. The third-order valence-corrected chi connectivity index (χ3v) is 4.07. The Morgan fingerprint density at radius 2 is 2.26 bits per heavy atom. The van der Waals surface area contributed by atoms with E-state index in [-0.39, 0.29) is 17.7 Å². The van der Waals surface area contributed by atoms with Crippen LogP contribution in [0.5, 0.6) is 0 Å². The Morgan fingerprint density at radius 3 is 2.87 bits per heavy atom. The molecule has 6 nitrogen and oxygen atoms in total. The van der Waals surface area contributed by atoms with E-state index >= 15 is 0 Å². The molecular weight excluding hydrogens is 292 g/mol. The zero-order valence-corrected chi connectivity index (χ0v) is 13.6. The first kappa shape index (κ1) is 17.0. The van der Waals surface area contributed by atoms with Crippen LogP contribution in [0.3, 0.4) is 0 Å². The molecule has 0 fully saturated rings. The van der Waals surface area contributed by atoms with Gasteiger partial charge in [-0.15, -0.1) is 0 Å². The lowest BCUT2D eigenvalue weighted by atomic mass is 10.0. The van der Waals surface area contributed by atoms with E-state index < -0.39 is 0 Å². The Labute approximate surface area is 136 Å². The molecule has 0 aromatic rings. The molecule has 1 aliphatic carbocycles. The van der Waals surface area contributed by atoms with E-state index in [2.05, 4.69) is 29.0 Å². The first-order chi connectivity index (χ1) is 11.1. The molecule has 0 saturated carbocycles. The van der Waals surface area contributed by atoms with Crippen LogP contribution in [0.15, 0.2) is 35.2 Å². The van der Waals surface area contributed by atoms with Gasteiger partial charge in [-0.1, -0.05) is 31.6 Å². The molecule has 0 aromatic carbocycles. The van der Waals surface area contributed by atoms with Crippen LogP contribution in [0.4, 0.5) is 0 Å². The van der Waals surface area contributed by atoms with Crippen molar-refractivity contribution >= 4 is 18.0 Å². The van der Waals surface area contributed by atoms with Crippen molar-refractivity contribution in [3.63, 3.8) is 0 Å². The second-order valence-corrected chi connectivity index (χ2v) is 5.66. The van der Waals surface area contributed by atoms with Gasteiger partial charge in [-0.05, 0) is 12.5 Å². The van der Waals surface area contributed by atoms with Crippen molar-refractivity contribution in [2.24, 2.45) is 11.8 Å². The zero-order chi connectivity index (χ0) is 16.8. The molecule has 1 aliphatic heterocycles. The van der Waals surface area contributed by atoms with E-state index in [1.807, 2.05) is 0 Å². The molecule has 1 heterocycles. The Kier molecular flexibility index (Phi) is 5.73.